The molecule has 10 nitrogen and oxygen atoms in total. The number of aliphatic carboxylic acids is 1. The van der Waals surface area contributed by atoms with Crippen molar-refractivity contribution >= 4 is 41.0 Å². The van der Waals surface area contributed by atoms with E-state index >= 15 is 0 Å². The van der Waals surface area contributed by atoms with Gasteiger partial charge in [-0.15, -0.1) is 0 Å². The number of hydrogen-bond donors (Lipinski definition) is 1. The van der Waals surface area contributed by atoms with Crippen molar-refractivity contribution in [2.45, 2.75) is 75.1 Å². The van der Waals surface area contributed by atoms with E-state index in [1.54, 1.807) is 14.2 Å². The monoisotopic (exact) mass is 675 g/mol. The molecule has 0 bridgehead atoms. The van der Waals surface area contributed by atoms with Crippen molar-refractivity contribution in [1.29, 1.82) is 0 Å². The van der Waals surface area contributed by atoms with Gasteiger partial charge in [-0.1, -0.05) is 0 Å². The fourth-order valence-corrected chi connectivity index (χ4v) is 9.42. The van der Waals surface area contributed by atoms with Crippen LogP contribution in [0, 0.1) is 0 Å². The number of ether oxygens (including phenoxy) is 6. The summed E-state index contributed by atoms with van der Waals surface area (Å²) in [5.74, 6) is 0.360. The summed E-state index contributed by atoms with van der Waals surface area (Å²) in [7, 11) is 3.21. The summed E-state index contributed by atoms with van der Waals surface area (Å²) in [6.07, 6.45) is 0.496. The number of nitrogens with zero attached hydrogens (tertiary/aromatic N) is 1. The number of fused-ring (bicyclic) bond motifs is 1. The van der Waals surface area contributed by atoms with E-state index in [0.29, 0.717) is 3.83 Å². The second kappa shape index (κ2) is 14.8. The Bertz CT molecular complexity index is 1310. The van der Waals surface area contributed by atoms with Crippen molar-refractivity contribution in [2.75, 3.05) is 14.2 Å². The number of benzene rings is 2. The van der Waals surface area contributed by atoms with Gasteiger partial charge in [0.25, 0.3) is 0 Å². The molecule has 12 heteroatoms. The second-order valence-corrected chi connectivity index (χ2v) is 16.7. The van der Waals surface area contributed by atoms with Crippen molar-refractivity contribution in [2.24, 2.45) is 4.99 Å². The van der Waals surface area contributed by atoms with Crippen LogP contribution in [-0.4, -0.2) is 83.9 Å². The van der Waals surface area contributed by atoms with Gasteiger partial charge in [-0.3, -0.25) is 0 Å². The van der Waals surface area contributed by atoms with Crippen LogP contribution < -0.4 is 9.47 Å². The number of methoxy groups -OCH3 is 2. The number of hydrogen-bond acceptors (Lipinski definition) is 10. The van der Waals surface area contributed by atoms with Gasteiger partial charge in [0.05, 0.1) is 7.11 Å². The Kier molecular flexibility index (Phi) is 11.4. The molecule has 2 aromatic carbocycles. The number of thioether (sulfide) groups is 1. The number of carbonyl (C=O) groups is 2. The molecule has 1 unspecified atom stereocenters. The van der Waals surface area contributed by atoms with Gasteiger partial charge >= 0.3 is 255 Å². The average Bonchev–Trinajstić information content (AvgIpc) is 3.41. The third-order valence-corrected chi connectivity index (χ3v) is 12.4. The van der Waals surface area contributed by atoms with Crippen molar-refractivity contribution in [1.82, 2.24) is 0 Å². The predicted octanol–water partition coefficient (Wildman–Crippen LogP) is 5.23. The molecule has 1 saturated heterocycles. The number of rotatable bonds is 12. The van der Waals surface area contributed by atoms with E-state index in [0.717, 1.165) is 28.7 Å². The Hall–Kier alpha value is -2.82. The first-order chi connectivity index (χ1) is 20.5. The molecule has 1 N–H and O–H groups in total. The summed E-state index contributed by atoms with van der Waals surface area (Å²) in [5, 5.41) is 9.39. The molecule has 232 valence electrons. The molecule has 2 aromatic rings. The van der Waals surface area contributed by atoms with Gasteiger partial charge in [-0.05, 0) is 0 Å². The standard InChI is InChI=1S/C31H38AsNO9S/c1-31(2,3)42-30(36)32(4)29-33-25-27(40-18-20-9-13-22(38-6)14-10-20)26(23(15-16-24(34)35)41-28(25)43-29)39-17-19-7-11-21(37-5)12-8-19/h7-16,23,25-28H,17-18H2,1-6H3,(H,34,35)/b16-15+/t23-,25-,26-,27-,28-,32?/m1/s1. The van der Waals surface area contributed by atoms with Gasteiger partial charge in [0, 0.05) is 0 Å². The van der Waals surface area contributed by atoms with Crippen LogP contribution in [0.1, 0.15) is 31.9 Å². The van der Waals surface area contributed by atoms with Crippen LogP contribution in [0.2, 0.25) is 5.71 Å². The fourth-order valence-electron chi connectivity index (χ4n) is 4.46. The second-order valence-electron chi connectivity index (χ2n) is 11.0. The van der Waals surface area contributed by atoms with Crippen LogP contribution in [0.5, 0.6) is 11.5 Å². The van der Waals surface area contributed by atoms with Gasteiger partial charge in [0.1, 0.15) is 0 Å². The Balaban J connectivity index is 1.63. The first-order valence-electron chi connectivity index (χ1n) is 13.7. The zero-order chi connectivity index (χ0) is 31.1. The van der Waals surface area contributed by atoms with Crippen molar-refractivity contribution in [3.05, 3.63) is 71.8 Å². The van der Waals surface area contributed by atoms with Gasteiger partial charge in [0.2, 0.25) is 0 Å². The molecule has 4 rings (SSSR count). The Morgan fingerprint density at radius 2 is 1.49 bits per heavy atom. The number of carboxylic acids is 1. The van der Waals surface area contributed by atoms with Crippen LogP contribution >= 0.6 is 11.8 Å². The van der Waals surface area contributed by atoms with Crippen LogP contribution in [0.3, 0.4) is 0 Å². The zero-order valence-electron chi connectivity index (χ0n) is 25.1. The topological polar surface area (TPSA) is 122 Å². The molecular weight excluding hydrogens is 637 g/mol. The van der Waals surface area contributed by atoms with E-state index < -0.39 is 56.0 Å². The maximum absolute atomic E-state index is 13.0. The number of carbonyl (C=O) groups excluding carboxylic acids is 1. The Labute approximate surface area is 261 Å². The summed E-state index contributed by atoms with van der Waals surface area (Å²) in [5.41, 5.74) is 2.62. The molecule has 0 radical (unpaired) electrons. The Morgan fingerprint density at radius 3 is 1.98 bits per heavy atom. The SMILES string of the molecule is COc1ccc(CO[C@@H]2[C@H]3N=C([As](C)C(=O)OC(C)(C)C)S[C@H]3O[C@H](/C=C/C(=O)O)[C@H]2OCc2ccc(OC)cc2)cc1. The van der Waals surface area contributed by atoms with E-state index in [1.165, 1.54) is 17.8 Å². The molecule has 0 saturated carbocycles. The van der Waals surface area contributed by atoms with Gasteiger partial charge < -0.3 is 0 Å². The van der Waals surface area contributed by atoms with Crippen LogP contribution in [0.4, 0.5) is 4.79 Å². The summed E-state index contributed by atoms with van der Waals surface area (Å²) < 4.78 is 36.0. The van der Waals surface area contributed by atoms with E-state index in [9.17, 15) is 14.7 Å². The predicted molar refractivity (Wildman–Crippen MR) is 165 cm³/mol. The van der Waals surface area contributed by atoms with Crippen molar-refractivity contribution in [3.63, 3.8) is 0 Å². The van der Waals surface area contributed by atoms with Crippen LogP contribution in [0.15, 0.2) is 65.7 Å². The molecule has 0 spiro atoms. The van der Waals surface area contributed by atoms with E-state index in [-0.39, 0.29) is 18.0 Å². The molecule has 2 heterocycles. The fraction of sp³-hybridized carbons (Fsp3) is 0.452. The molecular formula is C31H38AsNO9S. The van der Waals surface area contributed by atoms with E-state index in [4.69, 9.17) is 33.4 Å². The maximum atomic E-state index is 13.0. The van der Waals surface area contributed by atoms with Crippen LogP contribution in [-0.2, 0) is 37.0 Å². The summed E-state index contributed by atoms with van der Waals surface area (Å²) in [6, 6.07) is 14.6. The van der Waals surface area contributed by atoms with Crippen molar-refractivity contribution in [3.8, 4) is 11.5 Å². The molecule has 0 aromatic heterocycles. The van der Waals surface area contributed by atoms with Crippen molar-refractivity contribution < 1.29 is 43.1 Å². The Morgan fingerprint density at radius 1 is 0.953 bits per heavy atom. The van der Waals surface area contributed by atoms with Gasteiger partial charge in [-0.2, -0.15) is 0 Å². The summed E-state index contributed by atoms with van der Waals surface area (Å²) >= 11 is -0.942. The first-order valence-corrected chi connectivity index (χ1v) is 18.4. The zero-order valence-corrected chi connectivity index (χ0v) is 27.8. The minimum absolute atomic E-state index is 0.225. The van der Waals surface area contributed by atoms with E-state index in [1.807, 2.05) is 75.0 Å². The third-order valence-electron chi connectivity index (χ3n) is 6.62. The molecule has 43 heavy (non-hydrogen) atoms. The third kappa shape index (κ3) is 9.09. The van der Waals surface area contributed by atoms with Crippen LogP contribution in [0.25, 0.3) is 0 Å². The molecule has 2 aliphatic heterocycles. The van der Waals surface area contributed by atoms with Gasteiger partial charge in [0.15, 0.2) is 0 Å². The normalized spacial score (nSPS) is 24.2. The quantitative estimate of drug-likeness (QED) is 0.236. The molecule has 6 atom stereocenters. The molecule has 1 fully saturated rings. The molecule has 2 aliphatic rings. The number of carboxylic acid groups (broad SMARTS) is 1. The summed E-state index contributed by atoms with van der Waals surface area (Å²) in [6.45, 7) is 6.00. The van der Waals surface area contributed by atoms with E-state index in [2.05, 4.69) is 0 Å². The van der Waals surface area contributed by atoms with Gasteiger partial charge in [-0.25, -0.2) is 0 Å². The first kappa shape index (κ1) is 33.1. The number of aliphatic imine (C=N–C) groups is 1. The summed E-state index contributed by atoms with van der Waals surface area (Å²) in [4.78, 5) is 29.4. The molecule has 0 amide bonds. The minimum atomic E-state index is -2.33. The molecule has 0 aliphatic carbocycles. The average molecular weight is 676 g/mol.